The molecule has 2 aliphatic heterocycles. The number of nitrogens with zero attached hydrogens (tertiary/aromatic N) is 3. The Hall–Kier alpha value is -2.00. The molecule has 2 saturated heterocycles. The van der Waals surface area contributed by atoms with Crippen molar-refractivity contribution >= 4 is 21.7 Å². The standard InChI is InChI=1S/C16H21N3O5S/c20-15(4-3-12-2-1-5-17-8-12)19-7-6-18(9-16(21)22)13-10-25(23,24)11-14(13)19/h1-2,5,8,13-14H,3-4,6-7,9-11H2,(H,21,22)/t13-,14+/m1/s1. The molecule has 136 valence electrons. The predicted molar refractivity (Wildman–Crippen MR) is 89.7 cm³/mol. The monoisotopic (exact) mass is 367 g/mol. The van der Waals surface area contributed by atoms with E-state index in [1.54, 1.807) is 22.2 Å². The van der Waals surface area contributed by atoms with E-state index in [1.807, 2.05) is 12.1 Å². The van der Waals surface area contributed by atoms with E-state index in [4.69, 9.17) is 5.11 Å². The largest absolute Gasteiger partial charge is 0.480 e. The fourth-order valence-electron chi connectivity index (χ4n) is 3.65. The van der Waals surface area contributed by atoms with E-state index in [2.05, 4.69) is 4.98 Å². The molecule has 2 atom stereocenters. The zero-order valence-electron chi connectivity index (χ0n) is 13.7. The highest BCUT2D eigenvalue weighted by Crippen LogP contribution is 2.27. The van der Waals surface area contributed by atoms with Crippen LogP contribution in [0.25, 0.3) is 0 Å². The molecule has 2 fully saturated rings. The Morgan fingerprint density at radius 3 is 2.68 bits per heavy atom. The smallest absolute Gasteiger partial charge is 0.317 e. The number of fused-ring (bicyclic) bond motifs is 1. The molecule has 0 spiro atoms. The van der Waals surface area contributed by atoms with Gasteiger partial charge in [-0.05, 0) is 18.1 Å². The van der Waals surface area contributed by atoms with E-state index < -0.39 is 27.9 Å². The molecular weight excluding hydrogens is 346 g/mol. The number of hydrogen-bond donors (Lipinski definition) is 1. The van der Waals surface area contributed by atoms with Crippen LogP contribution in [0.4, 0.5) is 0 Å². The number of carbonyl (C=O) groups is 2. The van der Waals surface area contributed by atoms with Crippen molar-refractivity contribution in [3.8, 4) is 0 Å². The van der Waals surface area contributed by atoms with Crippen LogP contribution in [0.1, 0.15) is 12.0 Å². The lowest BCUT2D eigenvalue weighted by Crippen LogP contribution is -2.61. The van der Waals surface area contributed by atoms with Crippen molar-refractivity contribution in [3.63, 3.8) is 0 Å². The quantitative estimate of drug-likeness (QED) is 0.741. The first-order valence-corrected chi connectivity index (χ1v) is 10.0. The number of carbonyl (C=O) groups excluding carboxylic acids is 1. The van der Waals surface area contributed by atoms with Gasteiger partial charge in [0.1, 0.15) is 0 Å². The first-order valence-electron chi connectivity index (χ1n) is 8.20. The lowest BCUT2D eigenvalue weighted by molar-refractivity contribution is -0.142. The SMILES string of the molecule is O=C(O)CN1CCN(C(=O)CCc2cccnc2)[C@H]2CS(=O)(=O)C[C@H]21. The number of sulfone groups is 1. The van der Waals surface area contributed by atoms with Gasteiger partial charge in [0.25, 0.3) is 0 Å². The molecule has 0 aromatic carbocycles. The van der Waals surface area contributed by atoms with E-state index >= 15 is 0 Å². The van der Waals surface area contributed by atoms with E-state index in [0.29, 0.717) is 19.5 Å². The van der Waals surface area contributed by atoms with Gasteiger partial charge in [-0.3, -0.25) is 19.5 Å². The minimum atomic E-state index is -3.27. The molecule has 9 heteroatoms. The third-order valence-electron chi connectivity index (χ3n) is 4.80. The van der Waals surface area contributed by atoms with Crippen molar-refractivity contribution in [2.24, 2.45) is 0 Å². The summed E-state index contributed by atoms with van der Waals surface area (Å²) in [4.78, 5) is 31.0. The van der Waals surface area contributed by atoms with E-state index in [0.717, 1.165) is 5.56 Å². The van der Waals surface area contributed by atoms with Gasteiger partial charge in [-0.1, -0.05) is 6.07 Å². The third-order valence-corrected chi connectivity index (χ3v) is 6.50. The molecule has 1 aromatic heterocycles. The van der Waals surface area contributed by atoms with Crippen LogP contribution in [-0.4, -0.2) is 83.4 Å². The van der Waals surface area contributed by atoms with Crippen molar-refractivity contribution in [3.05, 3.63) is 30.1 Å². The summed E-state index contributed by atoms with van der Waals surface area (Å²) in [6.07, 6.45) is 4.21. The van der Waals surface area contributed by atoms with E-state index in [-0.39, 0.29) is 30.4 Å². The van der Waals surface area contributed by atoms with Crippen LogP contribution in [-0.2, 0) is 25.8 Å². The molecule has 0 unspecified atom stereocenters. The lowest BCUT2D eigenvalue weighted by atomic mass is 10.0. The maximum absolute atomic E-state index is 12.6. The number of aromatic nitrogens is 1. The maximum atomic E-state index is 12.6. The summed E-state index contributed by atoms with van der Waals surface area (Å²) in [6, 6.07) is 2.81. The number of piperazine rings is 1. The summed E-state index contributed by atoms with van der Waals surface area (Å²) in [6.45, 7) is 0.534. The second-order valence-electron chi connectivity index (χ2n) is 6.52. The first-order chi connectivity index (χ1) is 11.9. The van der Waals surface area contributed by atoms with Gasteiger partial charge in [0.05, 0.1) is 24.1 Å². The Labute approximate surface area is 146 Å². The summed E-state index contributed by atoms with van der Waals surface area (Å²) in [7, 11) is -3.27. The summed E-state index contributed by atoms with van der Waals surface area (Å²) in [5.74, 6) is -1.26. The van der Waals surface area contributed by atoms with Crippen molar-refractivity contribution in [2.75, 3.05) is 31.1 Å². The highest BCUT2D eigenvalue weighted by Gasteiger charge is 2.48. The maximum Gasteiger partial charge on any atom is 0.317 e. The summed E-state index contributed by atoms with van der Waals surface area (Å²) >= 11 is 0. The number of rotatable bonds is 5. The third kappa shape index (κ3) is 4.16. The molecule has 1 amide bonds. The Morgan fingerprint density at radius 1 is 1.24 bits per heavy atom. The Bertz CT molecular complexity index is 752. The molecule has 0 bridgehead atoms. The molecule has 0 radical (unpaired) electrons. The number of carboxylic acid groups (broad SMARTS) is 1. The molecule has 1 N–H and O–H groups in total. The molecule has 3 heterocycles. The number of hydrogen-bond acceptors (Lipinski definition) is 6. The zero-order chi connectivity index (χ0) is 18.0. The van der Waals surface area contributed by atoms with Gasteiger partial charge in [0.2, 0.25) is 5.91 Å². The van der Waals surface area contributed by atoms with Crippen LogP contribution in [0.5, 0.6) is 0 Å². The van der Waals surface area contributed by atoms with Crippen molar-refractivity contribution < 1.29 is 23.1 Å². The molecule has 8 nitrogen and oxygen atoms in total. The fourth-order valence-corrected chi connectivity index (χ4v) is 5.66. The molecule has 0 aliphatic carbocycles. The molecule has 3 rings (SSSR count). The van der Waals surface area contributed by atoms with Gasteiger partial charge in [0, 0.05) is 37.9 Å². The Kier molecular flexibility index (Phi) is 5.05. The Morgan fingerprint density at radius 2 is 2.00 bits per heavy atom. The summed E-state index contributed by atoms with van der Waals surface area (Å²) < 4.78 is 24.1. The minimum absolute atomic E-state index is 0.0860. The molecule has 2 aliphatic rings. The number of aliphatic carboxylic acids is 1. The van der Waals surface area contributed by atoms with E-state index in [9.17, 15) is 18.0 Å². The van der Waals surface area contributed by atoms with Gasteiger partial charge in [0.15, 0.2) is 9.84 Å². The average Bonchev–Trinajstić information content (AvgIpc) is 2.89. The van der Waals surface area contributed by atoms with Crippen molar-refractivity contribution in [1.82, 2.24) is 14.8 Å². The summed E-state index contributed by atoms with van der Waals surface area (Å²) in [5, 5.41) is 9.02. The van der Waals surface area contributed by atoms with Crippen LogP contribution < -0.4 is 0 Å². The van der Waals surface area contributed by atoms with Crippen LogP contribution in [0.2, 0.25) is 0 Å². The molecule has 0 saturated carbocycles. The van der Waals surface area contributed by atoms with Crippen LogP contribution in [0.3, 0.4) is 0 Å². The molecular formula is C16H21N3O5S. The minimum Gasteiger partial charge on any atom is -0.480 e. The summed E-state index contributed by atoms with van der Waals surface area (Å²) in [5.41, 5.74) is 0.955. The number of pyridine rings is 1. The highest BCUT2D eigenvalue weighted by molar-refractivity contribution is 7.91. The van der Waals surface area contributed by atoms with Gasteiger partial charge in [-0.2, -0.15) is 0 Å². The second kappa shape index (κ2) is 7.09. The van der Waals surface area contributed by atoms with E-state index in [1.165, 1.54) is 0 Å². The van der Waals surface area contributed by atoms with Crippen LogP contribution in [0, 0.1) is 0 Å². The Balaban J connectivity index is 1.69. The topological polar surface area (TPSA) is 108 Å². The van der Waals surface area contributed by atoms with Crippen molar-refractivity contribution in [2.45, 2.75) is 24.9 Å². The number of amides is 1. The van der Waals surface area contributed by atoms with Gasteiger partial charge in [-0.15, -0.1) is 0 Å². The van der Waals surface area contributed by atoms with Crippen molar-refractivity contribution in [1.29, 1.82) is 0 Å². The molecule has 25 heavy (non-hydrogen) atoms. The van der Waals surface area contributed by atoms with Gasteiger partial charge < -0.3 is 10.0 Å². The predicted octanol–water partition coefficient (Wildman–Crippen LogP) is -0.591. The molecule has 1 aromatic rings. The zero-order valence-corrected chi connectivity index (χ0v) is 14.6. The van der Waals surface area contributed by atoms with Crippen LogP contribution >= 0.6 is 0 Å². The fraction of sp³-hybridized carbons (Fsp3) is 0.562. The number of aryl methyl sites for hydroxylation is 1. The second-order valence-corrected chi connectivity index (χ2v) is 8.68. The van der Waals surface area contributed by atoms with Crippen LogP contribution in [0.15, 0.2) is 24.5 Å². The highest BCUT2D eigenvalue weighted by atomic mass is 32.2. The first kappa shape index (κ1) is 17.8. The average molecular weight is 367 g/mol. The number of carboxylic acids is 1. The van der Waals surface area contributed by atoms with Gasteiger partial charge in [-0.25, -0.2) is 8.42 Å². The van der Waals surface area contributed by atoms with Gasteiger partial charge >= 0.3 is 5.97 Å². The lowest BCUT2D eigenvalue weighted by Gasteiger charge is -2.43. The normalized spacial score (nSPS) is 25.5.